The largest absolute Gasteiger partial charge is 0.481 e. The molecule has 0 unspecified atom stereocenters. The van der Waals surface area contributed by atoms with Gasteiger partial charge >= 0.3 is 5.97 Å². The number of nitrogens with zero attached hydrogens (tertiary/aromatic N) is 2. The predicted octanol–water partition coefficient (Wildman–Crippen LogP) is 1.54. The molecule has 0 atom stereocenters. The van der Waals surface area contributed by atoms with Gasteiger partial charge in [0, 0.05) is 19.3 Å². The Labute approximate surface area is 107 Å². The molecule has 0 saturated carbocycles. The van der Waals surface area contributed by atoms with E-state index in [-0.39, 0.29) is 29.2 Å². The van der Waals surface area contributed by atoms with Crippen molar-refractivity contribution in [3.8, 4) is 0 Å². The Morgan fingerprint density at radius 3 is 2.59 bits per heavy atom. The first-order valence-electron chi connectivity index (χ1n) is 4.82. The number of likely N-dealkylation sites (tertiary alicyclic amines) is 1. The molecule has 0 bridgehead atoms. The molecule has 90 valence electrons. The fourth-order valence-corrected chi connectivity index (χ4v) is 1.79. The van der Waals surface area contributed by atoms with Gasteiger partial charge in [0.15, 0.2) is 0 Å². The minimum absolute atomic E-state index is 0.134. The third-order valence-corrected chi connectivity index (χ3v) is 3.25. The number of rotatable bonds is 2. The summed E-state index contributed by atoms with van der Waals surface area (Å²) < 4.78 is 0. The van der Waals surface area contributed by atoms with Crippen LogP contribution in [0.4, 0.5) is 0 Å². The lowest BCUT2D eigenvalue weighted by Crippen LogP contribution is -2.53. The van der Waals surface area contributed by atoms with Gasteiger partial charge in [-0.05, 0) is 6.07 Å². The summed E-state index contributed by atoms with van der Waals surface area (Å²) in [4.78, 5) is 27.6. The molecule has 1 fully saturated rings. The molecule has 1 saturated heterocycles. The lowest BCUT2D eigenvalue weighted by molar-refractivity contribution is -0.146. The van der Waals surface area contributed by atoms with Crippen molar-refractivity contribution < 1.29 is 14.7 Å². The number of halogens is 2. The SMILES string of the molecule is O=C(O)C1CN(C(=O)c2cnc(Cl)c(Cl)c2)C1. The molecule has 2 rings (SSSR count). The second-order valence-corrected chi connectivity index (χ2v) is 4.51. The van der Waals surface area contributed by atoms with Crippen LogP contribution in [0.1, 0.15) is 10.4 Å². The van der Waals surface area contributed by atoms with E-state index in [9.17, 15) is 9.59 Å². The first-order chi connectivity index (χ1) is 7.99. The Balaban J connectivity index is 2.06. The molecule has 1 aromatic heterocycles. The Morgan fingerprint density at radius 2 is 2.06 bits per heavy atom. The monoisotopic (exact) mass is 274 g/mol. The van der Waals surface area contributed by atoms with Crippen LogP contribution in [0, 0.1) is 5.92 Å². The Bertz CT molecular complexity index is 486. The van der Waals surface area contributed by atoms with Crippen LogP contribution in [-0.4, -0.2) is 40.0 Å². The summed E-state index contributed by atoms with van der Waals surface area (Å²) in [7, 11) is 0. The van der Waals surface area contributed by atoms with E-state index < -0.39 is 11.9 Å². The molecule has 1 aromatic rings. The fraction of sp³-hybridized carbons (Fsp3) is 0.300. The van der Waals surface area contributed by atoms with Gasteiger partial charge in [-0.2, -0.15) is 0 Å². The minimum Gasteiger partial charge on any atom is -0.481 e. The average molecular weight is 275 g/mol. The number of hydrogen-bond acceptors (Lipinski definition) is 3. The highest BCUT2D eigenvalue weighted by Crippen LogP contribution is 2.23. The molecule has 5 nitrogen and oxygen atoms in total. The number of carboxylic acids is 1. The first kappa shape index (κ1) is 12.1. The molecule has 2 heterocycles. The van der Waals surface area contributed by atoms with E-state index in [0.717, 1.165) is 0 Å². The van der Waals surface area contributed by atoms with Gasteiger partial charge in [-0.15, -0.1) is 0 Å². The van der Waals surface area contributed by atoms with Gasteiger partial charge in [0.2, 0.25) is 0 Å². The molecule has 7 heteroatoms. The van der Waals surface area contributed by atoms with Gasteiger partial charge in [-0.3, -0.25) is 9.59 Å². The smallest absolute Gasteiger partial charge is 0.310 e. The molecule has 0 radical (unpaired) electrons. The number of aromatic nitrogens is 1. The summed E-state index contributed by atoms with van der Waals surface area (Å²) in [6.45, 7) is 0.433. The summed E-state index contributed by atoms with van der Waals surface area (Å²) >= 11 is 11.4. The van der Waals surface area contributed by atoms with E-state index in [2.05, 4.69) is 4.98 Å². The number of pyridine rings is 1. The molecule has 0 aromatic carbocycles. The molecule has 0 spiro atoms. The van der Waals surface area contributed by atoms with Crippen LogP contribution >= 0.6 is 23.2 Å². The van der Waals surface area contributed by atoms with Crippen molar-refractivity contribution in [2.75, 3.05) is 13.1 Å². The van der Waals surface area contributed by atoms with Gasteiger partial charge in [-0.1, -0.05) is 23.2 Å². The van der Waals surface area contributed by atoms with Crippen LogP contribution < -0.4 is 0 Å². The van der Waals surface area contributed by atoms with Crippen molar-refractivity contribution >= 4 is 35.1 Å². The predicted molar refractivity (Wildman–Crippen MR) is 61.3 cm³/mol. The minimum atomic E-state index is -0.888. The molecule has 0 aliphatic carbocycles. The topological polar surface area (TPSA) is 70.5 Å². The molecule has 17 heavy (non-hydrogen) atoms. The lowest BCUT2D eigenvalue weighted by atomic mass is 9.99. The first-order valence-corrected chi connectivity index (χ1v) is 5.57. The molecule has 1 N–H and O–H groups in total. The molecule has 1 aliphatic heterocycles. The van der Waals surface area contributed by atoms with Gasteiger partial charge in [0.05, 0.1) is 16.5 Å². The van der Waals surface area contributed by atoms with Gasteiger partial charge in [0.25, 0.3) is 5.91 Å². The normalized spacial score (nSPS) is 15.5. The van der Waals surface area contributed by atoms with Crippen LogP contribution in [0.15, 0.2) is 12.3 Å². The van der Waals surface area contributed by atoms with Crippen LogP contribution in [0.3, 0.4) is 0 Å². The summed E-state index contributed by atoms with van der Waals surface area (Å²) in [6, 6.07) is 1.42. The van der Waals surface area contributed by atoms with E-state index in [4.69, 9.17) is 28.3 Å². The van der Waals surface area contributed by atoms with Gasteiger partial charge in [0.1, 0.15) is 5.15 Å². The second kappa shape index (κ2) is 4.50. The van der Waals surface area contributed by atoms with Crippen LogP contribution in [-0.2, 0) is 4.79 Å². The zero-order chi connectivity index (χ0) is 12.6. The number of carbonyl (C=O) groups is 2. The summed E-state index contributed by atoms with van der Waals surface area (Å²) in [6.07, 6.45) is 1.32. The maximum atomic E-state index is 11.8. The van der Waals surface area contributed by atoms with Gasteiger partial charge in [-0.25, -0.2) is 4.98 Å². The van der Waals surface area contributed by atoms with Crippen LogP contribution in [0.2, 0.25) is 10.2 Å². The van der Waals surface area contributed by atoms with E-state index in [1.54, 1.807) is 0 Å². The summed E-state index contributed by atoms with van der Waals surface area (Å²) in [5, 5.41) is 9.03. The number of hydrogen-bond donors (Lipinski definition) is 1. The average Bonchev–Trinajstić information content (AvgIpc) is 2.19. The zero-order valence-electron chi connectivity index (χ0n) is 8.56. The van der Waals surface area contributed by atoms with Crippen molar-refractivity contribution in [3.05, 3.63) is 28.0 Å². The highest BCUT2D eigenvalue weighted by atomic mass is 35.5. The van der Waals surface area contributed by atoms with Crippen molar-refractivity contribution in [1.29, 1.82) is 0 Å². The number of aliphatic carboxylic acids is 1. The zero-order valence-corrected chi connectivity index (χ0v) is 10.1. The Kier molecular flexibility index (Phi) is 3.22. The Hall–Kier alpha value is -1.33. The summed E-state index contributed by atoms with van der Waals surface area (Å²) in [5.74, 6) is -1.65. The van der Waals surface area contributed by atoms with E-state index in [1.807, 2.05) is 0 Å². The number of carbonyl (C=O) groups excluding carboxylic acids is 1. The standard InChI is InChI=1S/C10H8Cl2N2O3/c11-7-1-5(2-13-8(7)12)9(15)14-3-6(4-14)10(16)17/h1-2,6H,3-4H2,(H,16,17). The maximum absolute atomic E-state index is 11.8. The third-order valence-electron chi connectivity index (χ3n) is 2.56. The Morgan fingerprint density at radius 1 is 1.41 bits per heavy atom. The lowest BCUT2D eigenvalue weighted by Gasteiger charge is -2.36. The second-order valence-electron chi connectivity index (χ2n) is 3.74. The third kappa shape index (κ3) is 2.35. The highest BCUT2D eigenvalue weighted by molar-refractivity contribution is 6.41. The van der Waals surface area contributed by atoms with Crippen LogP contribution in [0.25, 0.3) is 0 Å². The fourth-order valence-electron chi connectivity index (χ4n) is 1.52. The highest BCUT2D eigenvalue weighted by Gasteiger charge is 2.36. The van der Waals surface area contributed by atoms with E-state index in [0.29, 0.717) is 5.56 Å². The van der Waals surface area contributed by atoms with Gasteiger partial charge < -0.3 is 10.0 Å². The van der Waals surface area contributed by atoms with Crippen molar-refractivity contribution in [2.24, 2.45) is 5.92 Å². The van der Waals surface area contributed by atoms with E-state index >= 15 is 0 Å². The van der Waals surface area contributed by atoms with Crippen molar-refractivity contribution in [1.82, 2.24) is 9.88 Å². The van der Waals surface area contributed by atoms with E-state index in [1.165, 1.54) is 17.2 Å². The number of amides is 1. The molecule has 1 amide bonds. The quantitative estimate of drug-likeness (QED) is 0.831. The molecule has 1 aliphatic rings. The summed E-state index contributed by atoms with van der Waals surface area (Å²) in [5.41, 5.74) is 0.309. The maximum Gasteiger partial charge on any atom is 0.310 e. The molecular formula is C10H8Cl2N2O3. The number of carboxylic acid groups (broad SMARTS) is 1. The van der Waals surface area contributed by atoms with Crippen LogP contribution in [0.5, 0.6) is 0 Å². The van der Waals surface area contributed by atoms with Crippen molar-refractivity contribution in [2.45, 2.75) is 0 Å². The molecular weight excluding hydrogens is 267 g/mol. The van der Waals surface area contributed by atoms with Crippen molar-refractivity contribution in [3.63, 3.8) is 0 Å².